The molecule has 0 aliphatic carbocycles. The summed E-state index contributed by atoms with van der Waals surface area (Å²) in [6, 6.07) is 4.39. The summed E-state index contributed by atoms with van der Waals surface area (Å²) in [6.45, 7) is 0.281. The molecule has 0 aliphatic rings. The normalized spacial score (nSPS) is 9.79. The largest absolute Gasteiger partial charge is 0.504 e. The first-order chi connectivity index (χ1) is 6.50. The molecule has 6 heteroatoms. The number of phenols is 2. The molecule has 0 heterocycles. The van der Waals surface area contributed by atoms with Crippen LogP contribution >= 0.6 is 12.2 Å². The van der Waals surface area contributed by atoms with Gasteiger partial charge >= 0.3 is 0 Å². The summed E-state index contributed by atoms with van der Waals surface area (Å²) in [5.41, 5.74) is 5.98. The van der Waals surface area contributed by atoms with Crippen LogP contribution in [0, 0.1) is 0 Å². The second-order valence-corrected chi connectivity index (χ2v) is 3.21. The highest BCUT2D eigenvalue weighted by Crippen LogP contribution is 2.25. The molecule has 1 rings (SSSR count). The summed E-state index contributed by atoms with van der Waals surface area (Å²) in [6.07, 6.45) is 0. The molecule has 0 spiro atoms. The number of nitrogens with zero attached hydrogens (tertiary/aromatic N) is 1. The lowest BCUT2D eigenvalue weighted by Crippen LogP contribution is -2.40. The van der Waals surface area contributed by atoms with Crippen LogP contribution in [-0.2, 0) is 6.54 Å². The topological polar surface area (TPSA) is 95.7 Å². The van der Waals surface area contributed by atoms with Crippen LogP contribution in [0.5, 0.6) is 11.5 Å². The van der Waals surface area contributed by atoms with Crippen molar-refractivity contribution in [2.45, 2.75) is 6.54 Å². The minimum absolute atomic E-state index is 0.0672. The molecule has 0 saturated heterocycles. The van der Waals surface area contributed by atoms with Crippen LogP contribution in [0.25, 0.3) is 0 Å². The molecule has 76 valence electrons. The highest BCUT2D eigenvalue weighted by Gasteiger charge is 2.04. The lowest BCUT2D eigenvalue weighted by atomic mass is 10.2. The van der Waals surface area contributed by atoms with Crippen LogP contribution in [0.1, 0.15) is 5.56 Å². The molecule has 0 bridgehead atoms. The van der Waals surface area contributed by atoms with E-state index >= 15 is 0 Å². The van der Waals surface area contributed by atoms with Crippen molar-refractivity contribution in [1.82, 2.24) is 5.01 Å². The fraction of sp³-hybridized carbons (Fsp3) is 0.125. The first kappa shape index (κ1) is 10.6. The molecule has 0 aromatic heterocycles. The van der Waals surface area contributed by atoms with Gasteiger partial charge in [0, 0.05) is 0 Å². The van der Waals surface area contributed by atoms with Gasteiger partial charge in [-0.1, -0.05) is 6.07 Å². The fourth-order valence-corrected chi connectivity index (χ4v) is 1.01. The van der Waals surface area contributed by atoms with E-state index in [4.69, 9.17) is 16.7 Å². The summed E-state index contributed by atoms with van der Waals surface area (Å²) < 4.78 is 0. The van der Waals surface area contributed by atoms with Crippen molar-refractivity contribution >= 4 is 17.3 Å². The zero-order valence-electron chi connectivity index (χ0n) is 7.34. The van der Waals surface area contributed by atoms with Gasteiger partial charge < -0.3 is 15.9 Å². The summed E-state index contributed by atoms with van der Waals surface area (Å²) in [7, 11) is 0. The van der Waals surface area contributed by atoms with E-state index in [0.29, 0.717) is 5.56 Å². The molecule has 0 amide bonds. The maximum atomic E-state index is 9.18. The smallest absolute Gasteiger partial charge is 0.180 e. The quantitative estimate of drug-likeness (QED) is 0.239. The molecule has 5 nitrogen and oxygen atoms in total. The average molecular weight is 213 g/mol. The number of benzene rings is 1. The Morgan fingerprint density at radius 2 is 2.00 bits per heavy atom. The molecular formula is C8H11N3O2S. The zero-order valence-corrected chi connectivity index (χ0v) is 8.16. The van der Waals surface area contributed by atoms with Crippen LogP contribution in [0.2, 0.25) is 0 Å². The Morgan fingerprint density at radius 3 is 2.50 bits per heavy atom. The fourth-order valence-electron chi connectivity index (χ4n) is 0.942. The van der Waals surface area contributed by atoms with Gasteiger partial charge in [-0.2, -0.15) is 0 Å². The molecular weight excluding hydrogens is 202 g/mol. The number of hydrogen-bond donors (Lipinski definition) is 4. The van der Waals surface area contributed by atoms with E-state index < -0.39 is 0 Å². The Balaban J connectivity index is 2.78. The van der Waals surface area contributed by atoms with Crippen molar-refractivity contribution in [3.05, 3.63) is 23.8 Å². The van der Waals surface area contributed by atoms with Crippen LogP contribution < -0.4 is 11.6 Å². The standard InChI is InChI=1S/C8H11N3O2S/c9-8(14)11(10)4-5-1-2-6(12)7(13)3-5/h1-3,12-13H,4,10H2,(H2,9,14). The lowest BCUT2D eigenvalue weighted by Gasteiger charge is -2.16. The number of hydrogen-bond acceptors (Lipinski definition) is 4. The Labute approximate surface area is 86.5 Å². The predicted octanol–water partition coefficient (Wildman–Crippen LogP) is 0.0171. The molecule has 1 aromatic carbocycles. The number of rotatable bonds is 2. The number of phenolic OH excluding ortho intramolecular Hbond substituents is 2. The van der Waals surface area contributed by atoms with Gasteiger partial charge in [0.2, 0.25) is 0 Å². The highest BCUT2D eigenvalue weighted by molar-refractivity contribution is 7.80. The molecule has 0 atom stereocenters. The van der Waals surface area contributed by atoms with Crippen molar-refractivity contribution in [2.24, 2.45) is 11.6 Å². The van der Waals surface area contributed by atoms with E-state index in [9.17, 15) is 5.11 Å². The summed E-state index contributed by atoms with van der Waals surface area (Å²) in [5, 5.41) is 19.5. The monoisotopic (exact) mass is 213 g/mol. The molecule has 0 radical (unpaired) electrons. The van der Waals surface area contributed by atoms with Crippen molar-refractivity contribution in [3.63, 3.8) is 0 Å². The SMILES string of the molecule is NC(=S)N(N)Cc1ccc(O)c(O)c1. The number of aromatic hydroxyl groups is 2. The molecule has 0 aliphatic heterocycles. The molecule has 14 heavy (non-hydrogen) atoms. The molecule has 0 fully saturated rings. The minimum atomic E-state index is -0.196. The number of hydrazine groups is 1. The van der Waals surface area contributed by atoms with Crippen molar-refractivity contribution in [1.29, 1.82) is 0 Å². The summed E-state index contributed by atoms with van der Waals surface area (Å²) in [5.74, 6) is 5.09. The average Bonchev–Trinajstić information content (AvgIpc) is 2.11. The lowest BCUT2D eigenvalue weighted by molar-refractivity contribution is 0.399. The van der Waals surface area contributed by atoms with Crippen molar-refractivity contribution in [3.8, 4) is 11.5 Å². The highest BCUT2D eigenvalue weighted by atomic mass is 32.1. The molecule has 1 aromatic rings. The minimum Gasteiger partial charge on any atom is -0.504 e. The molecule has 6 N–H and O–H groups in total. The third kappa shape index (κ3) is 2.48. The van der Waals surface area contributed by atoms with Gasteiger partial charge in [0.15, 0.2) is 16.6 Å². The third-order valence-electron chi connectivity index (χ3n) is 1.68. The van der Waals surface area contributed by atoms with Crippen molar-refractivity contribution < 1.29 is 10.2 Å². The predicted molar refractivity (Wildman–Crippen MR) is 56.3 cm³/mol. The van der Waals surface area contributed by atoms with Crippen LogP contribution in [0.3, 0.4) is 0 Å². The Bertz CT molecular complexity index is 356. The van der Waals surface area contributed by atoms with Gasteiger partial charge in [-0.05, 0) is 29.9 Å². The Hall–Kier alpha value is -1.53. The zero-order chi connectivity index (χ0) is 10.7. The van der Waals surface area contributed by atoms with E-state index in [-0.39, 0.29) is 23.2 Å². The molecule has 0 saturated carbocycles. The van der Waals surface area contributed by atoms with Crippen LogP contribution in [-0.4, -0.2) is 20.3 Å². The maximum absolute atomic E-state index is 9.18. The van der Waals surface area contributed by atoms with Crippen molar-refractivity contribution in [2.75, 3.05) is 0 Å². The third-order valence-corrected chi connectivity index (χ3v) is 1.91. The van der Waals surface area contributed by atoms with Gasteiger partial charge in [0.05, 0.1) is 6.54 Å². The summed E-state index contributed by atoms with van der Waals surface area (Å²) in [4.78, 5) is 0. The van der Waals surface area contributed by atoms with Crippen LogP contribution in [0.4, 0.5) is 0 Å². The van der Waals surface area contributed by atoms with Crippen LogP contribution in [0.15, 0.2) is 18.2 Å². The van der Waals surface area contributed by atoms with E-state index in [1.54, 1.807) is 6.07 Å². The van der Waals surface area contributed by atoms with E-state index in [0.717, 1.165) is 0 Å². The second kappa shape index (κ2) is 4.12. The van der Waals surface area contributed by atoms with E-state index in [1.165, 1.54) is 17.1 Å². The Kier molecular flexibility index (Phi) is 3.10. The summed E-state index contributed by atoms with van der Waals surface area (Å²) >= 11 is 4.64. The van der Waals surface area contributed by atoms with Gasteiger partial charge in [-0.15, -0.1) is 0 Å². The number of thiocarbonyl (C=S) groups is 1. The van der Waals surface area contributed by atoms with E-state index in [1.807, 2.05) is 0 Å². The van der Waals surface area contributed by atoms with Gasteiger partial charge in [0.25, 0.3) is 0 Å². The first-order valence-electron chi connectivity index (χ1n) is 3.83. The second-order valence-electron chi connectivity index (χ2n) is 2.79. The van der Waals surface area contributed by atoms with E-state index in [2.05, 4.69) is 12.2 Å². The first-order valence-corrected chi connectivity index (χ1v) is 4.24. The van der Waals surface area contributed by atoms with Gasteiger partial charge in [-0.25, -0.2) is 5.84 Å². The van der Waals surface area contributed by atoms with Gasteiger partial charge in [0.1, 0.15) is 0 Å². The Morgan fingerprint density at radius 1 is 1.36 bits per heavy atom. The van der Waals surface area contributed by atoms with Gasteiger partial charge in [-0.3, -0.25) is 5.01 Å². The maximum Gasteiger partial charge on any atom is 0.180 e. The molecule has 0 unspecified atom stereocenters. The number of nitrogens with two attached hydrogens (primary N) is 2.